The van der Waals surface area contributed by atoms with E-state index in [1.807, 2.05) is 13.8 Å². The molecule has 0 spiro atoms. The molecule has 0 amide bonds. The van der Waals surface area contributed by atoms with Crippen molar-refractivity contribution in [2.75, 3.05) is 13.1 Å². The molecule has 0 aromatic carbocycles. The van der Waals surface area contributed by atoms with E-state index < -0.39 is 16.6 Å². The van der Waals surface area contributed by atoms with Crippen LogP contribution in [0.1, 0.15) is 26.7 Å². The van der Waals surface area contributed by atoms with Crippen LogP contribution in [0.2, 0.25) is 38.3 Å². The molecule has 5 nitrogen and oxygen atoms in total. The van der Waals surface area contributed by atoms with Crippen LogP contribution in [0.5, 0.6) is 0 Å². The molecule has 2 unspecified atom stereocenters. The first kappa shape index (κ1) is 21.2. The van der Waals surface area contributed by atoms with Crippen molar-refractivity contribution in [2.45, 2.75) is 77.3 Å². The van der Waals surface area contributed by atoms with Crippen molar-refractivity contribution in [3.8, 4) is 0 Å². The summed E-state index contributed by atoms with van der Waals surface area (Å²) in [7, 11) is -3.11. The molecule has 2 atom stereocenters. The van der Waals surface area contributed by atoms with Crippen molar-refractivity contribution in [2.24, 2.45) is 11.5 Å². The fraction of sp³-hybridized carbons (Fsp3) is 1.00. The van der Waals surface area contributed by atoms with E-state index >= 15 is 0 Å². The van der Waals surface area contributed by atoms with Gasteiger partial charge in [0, 0.05) is 0 Å². The number of hydrogen-bond donors (Lipinski definition) is 4. The lowest BCUT2D eigenvalue weighted by atomic mass is 10.4. The van der Waals surface area contributed by atoms with Gasteiger partial charge in [0.1, 0.15) is 0 Å². The number of hydrogen-bond acceptors (Lipinski definition) is 5. The molecule has 6 N–H and O–H groups in total. The highest BCUT2D eigenvalue weighted by atomic mass is 28.4. The van der Waals surface area contributed by atoms with Crippen molar-refractivity contribution in [3.63, 3.8) is 0 Å². The van der Waals surface area contributed by atoms with Gasteiger partial charge in [-0.05, 0) is 78.1 Å². The lowest BCUT2D eigenvalue weighted by Gasteiger charge is -2.34. The second-order valence-electron chi connectivity index (χ2n) is 7.31. The second-order valence-corrected chi connectivity index (χ2v) is 16.2. The van der Waals surface area contributed by atoms with Gasteiger partial charge in [0.25, 0.3) is 0 Å². The van der Waals surface area contributed by atoms with Gasteiger partial charge >= 0.3 is 0 Å². The van der Waals surface area contributed by atoms with Crippen molar-refractivity contribution < 1.29 is 4.12 Å². The summed E-state index contributed by atoms with van der Waals surface area (Å²) < 4.78 is 6.60. The molecule has 0 aliphatic carbocycles. The Hall–Kier alpha value is 0.234. The van der Waals surface area contributed by atoms with Crippen molar-refractivity contribution in [1.82, 2.24) is 10.6 Å². The Labute approximate surface area is 133 Å². The zero-order chi connectivity index (χ0) is 16.5. The molecule has 0 bridgehead atoms. The van der Waals surface area contributed by atoms with Gasteiger partial charge in [0.05, 0.1) is 12.3 Å². The Morgan fingerprint density at radius 2 is 1.14 bits per heavy atom. The Morgan fingerprint density at radius 3 is 1.43 bits per heavy atom. The molecule has 7 heteroatoms. The van der Waals surface area contributed by atoms with Gasteiger partial charge in [-0.25, -0.2) is 0 Å². The first-order valence-corrected chi connectivity index (χ1v) is 14.5. The topological polar surface area (TPSA) is 85.3 Å². The van der Waals surface area contributed by atoms with E-state index in [9.17, 15) is 0 Å². The average molecular weight is 335 g/mol. The summed E-state index contributed by atoms with van der Waals surface area (Å²) >= 11 is 0. The van der Waals surface area contributed by atoms with Crippen molar-refractivity contribution >= 4 is 16.6 Å². The molecule has 0 aromatic rings. The van der Waals surface area contributed by atoms with Crippen LogP contribution in [0.25, 0.3) is 0 Å². The highest BCUT2D eigenvalue weighted by Gasteiger charge is 2.32. The van der Waals surface area contributed by atoms with E-state index in [0.717, 1.165) is 25.9 Å². The van der Waals surface area contributed by atoms with Gasteiger partial charge in [0.2, 0.25) is 0 Å². The van der Waals surface area contributed by atoms with Crippen LogP contribution in [-0.4, -0.2) is 42.1 Å². The largest absolute Gasteiger partial charge is 0.455 e. The van der Waals surface area contributed by atoms with Crippen LogP contribution in [0.4, 0.5) is 0 Å². The van der Waals surface area contributed by atoms with Crippen LogP contribution >= 0.6 is 0 Å². The minimum Gasteiger partial charge on any atom is -0.455 e. The van der Waals surface area contributed by atoms with Crippen molar-refractivity contribution in [3.05, 3.63) is 0 Å². The van der Waals surface area contributed by atoms with Crippen LogP contribution in [0.3, 0.4) is 0 Å². The van der Waals surface area contributed by atoms with Crippen LogP contribution < -0.4 is 22.1 Å². The summed E-state index contributed by atoms with van der Waals surface area (Å²) in [4.78, 5) is 0. The zero-order valence-electron chi connectivity index (χ0n) is 15.0. The second kappa shape index (κ2) is 10.1. The first-order valence-electron chi connectivity index (χ1n) is 8.22. The van der Waals surface area contributed by atoms with Gasteiger partial charge < -0.3 is 26.2 Å². The third kappa shape index (κ3) is 13.6. The third-order valence-electron chi connectivity index (χ3n) is 3.40. The highest BCUT2D eigenvalue weighted by molar-refractivity contribution is 6.84. The molecule has 0 saturated carbocycles. The van der Waals surface area contributed by atoms with Crippen LogP contribution in [-0.2, 0) is 4.12 Å². The fourth-order valence-corrected chi connectivity index (χ4v) is 11.4. The van der Waals surface area contributed by atoms with Gasteiger partial charge in [-0.15, -0.1) is 0 Å². The van der Waals surface area contributed by atoms with Gasteiger partial charge in [-0.2, -0.15) is 0 Å². The zero-order valence-corrected chi connectivity index (χ0v) is 17.0. The molecular formula is C14H38N4OSi2. The molecule has 0 aliphatic rings. The van der Waals surface area contributed by atoms with Gasteiger partial charge in [0.15, 0.2) is 16.6 Å². The minimum absolute atomic E-state index is 0.0824. The lowest BCUT2D eigenvalue weighted by Crippen LogP contribution is -2.45. The number of nitrogens with one attached hydrogen (secondary N) is 2. The maximum absolute atomic E-state index is 6.60. The molecule has 128 valence electrons. The Bertz CT molecular complexity index is 248. The molecule has 0 saturated heterocycles. The van der Waals surface area contributed by atoms with E-state index in [2.05, 4.69) is 36.8 Å². The average Bonchev–Trinajstić information content (AvgIpc) is 2.28. The van der Waals surface area contributed by atoms with E-state index in [0.29, 0.717) is 0 Å². The molecule has 0 radical (unpaired) electrons. The first-order chi connectivity index (χ1) is 9.54. The third-order valence-corrected chi connectivity index (χ3v) is 10.9. The van der Waals surface area contributed by atoms with E-state index in [1.165, 1.54) is 12.1 Å². The monoisotopic (exact) mass is 334 g/mol. The Balaban J connectivity index is 3.98. The van der Waals surface area contributed by atoms with Gasteiger partial charge in [-0.3, -0.25) is 0 Å². The lowest BCUT2D eigenvalue weighted by molar-refractivity contribution is 0.510. The highest BCUT2D eigenvalue weighted by Crippen LogP contribution is 2.23. The smallest absolute Gasteiger partial charge is 0.173 e. The fourth-order valence-electron chi connectivity index (χ4n) is 2.54. The normalized spacial score (nSPS) is 16.0. The summed E-state index contributed by atoms with van der Waals surface area (Å²) in [5.74, 6) is 0. The summed E-state index contributed by atoms with van der Waals surface area (Å²) in [6.45, 7) is 15.3. The maximum atomic E-state index is 6.60. The molecule has 0 aliphatic heterocycles. The molecule has 0 rings (SSSR count). The molecule has 0 fully saturated rings. The van der Waals surface area contributed by atoms with Gasteiger partial charge in [-0.1, -0.05) is 0 Å². The summed E-state index contributed by atoms with van der Waals surface area (Å²) in [5.41, 5.74) is 11.4. The predicted molar refractivity (Wildman–Crippen MR) is 98.2 cm³/mol. The van der Waals surface area contributed by atoms with Crippen LogP contribution in [0, 0.1) is 0 Å². The Morgan fingerprint density at radius 1 is 0.810 bits per heavy atom. The summed E-state index contributed by atoms with van der Waals surface area (Å²) in [6.07, 6.45) is 2.47. The number of rotatable bonds is 12. The number of nitrogens with two attached hydrogens (primary N) is 2. The summed E-state index contributed by atoms with van der Waals surface area (Å²) in [5, 5.41) is 6.54. The van der Waals surface area contributed by atoms with E-state index in [1.54, 1.807) is 0 Å². The standard InChI is InChI=1S/C14H38N4OSi2/c1-13(15)17-9-7-11-20(3,4)19-21(5,6)12-8-10-18-14(2)16/h13-14,17-18H,7-12,15-16H2,1-6H3. The molecule has 0 heterocycles. The quantitative estimate of drug-likeness (QED) is 0.249. The SMILES string of the molecule is CC(N)NCCC[Si](C)(C)O[Si](C)(C)CCCNC(C)N. The Kier molecular flexibility index (Phi) is 10.2. The maximum Gasteiger partial charge on any atom is 0.173 e. The molecule has 21 heavy (non-hydrogen) atoms. The van der Waals surface area contributed by atoms with Crippen molar-refractivity contribution in [1.29, 1.82) is 0 Å². The van der Waals surface area contributed by atoms with E-state index in [4.69, 9.17) is 15.6 Å². The molecule has 0 aromatic heterocycles. The van der Waals surface area contributed by atoms with E-state index in [-0.39, 0.29) is 12.3 Å². The molecular weight excluding hydrogens is 296 g/mol. The minimum atomic E-state index is -1.56. The van der Waals surface area contributed by atoms with Crippen LogP contribution in [0.15, 0.2) is 0 Å². The summed E-state index contributed by atoms with van der Waals surface area (Å²) in [6, 6.07) is 2.39. The predicted octanol–water partition coefficient (Wildman–Crippen LogP) is 1.98.